The molecule has 3 aromatic rings. The number of rotatable bonds is 6. The van der Waals surface area contributed by atoms with E-state index in [1.165, 1.54) is 12.8 Å². The van der Waals surface area contributed by atoms with Crippen molar-refractivity contribution in [1.29, 1.82) is 0 Å². The quantitative estimate of drug-likeness (QED) is 0.534. The molecule has 0 heterocycles. The fourth-order valence-electron chi connectivity index (χ4n) is 4.12. The molecule has 1 aliphatic rings. The van der Waals surface area contributed by atoms with E-state index in [1.807, 2.05) is 36.4 Å². The van der Waals surface area contributed by atoms with Crippen LogP contribution in [0.1, 0.15) is 48.5 Å². The molecule has 0 amide bonds. The molecule has 1 fully saturated rings. The number of hydrogen-bond donors (Lipinski definition) is 2. The molecule has 0 spiro atoms. The van der Waals surface area contributed by atoms with Crippen molar-refractivity contribution in [3.8, 4) is 5.75 Å². The largest absolute Gasteiger partial charge is 0.488 e. The first-order chi connectivity index (χ1) is 14.1. The van der Waals surface area contributed by atoms with Crippen molar-refractivity contribution in [2.45, 2.75) is 45.3 Å². The predicted octanol–water partition coefficient (Wildman–Crippen LogP) is 6.11. The Hall–Kier alpha value is -3.01. The molecule has 0 aliphatic heterocycles. The summed E-state index contributed by atoms with van der Waals surface area (Å²) < 4.78 is 6.02. The van der Waals surface area contributed by atoms with Crippen molar-refractivity contribution in [2.75, 3.05) is 5.32 Å². The molecular weight excluding hydrogens is 362 g/mol. The van der Waals surface area contributed by atoms with Crippen LogP contribution in [0.4, 0.5) is 5.69 Å². The highest BCUT2D eigenvalue weighted by atomic mass is 16.5. The molecule has 4 nitrogen and oxygen atoms in total. The number of ether oxygens (including phenoxy) is 1. The Labute approximate surface area is 171 Å². The Morgan fingerprint density at radius 3 is 2.59 bits per heavy atom. The number of hydrogen-bond acceptors (Lipinski definition) is 3. The van der Waals surface area contributed by atoms with Gasteiger partial charge in [-0.1, -0.05) is 49.4 Å². The molecule has 4 rings (SSSR count). The minimum atomic E-state index is -0.976. The van der Waals surface area contributed by atoms with Crippen LogP contribution in [0.2, 0.25) is 0 Å². The van der Waals surface area contributed by atoms with Crippen LogP contribution in [-0.2, 0) is 6.61 Å². The summed E-state index contributed by atoms with van der Waals surface area (Å²) in [6.45, 7) is 2.63. The maximum atomic E-state index is 11.7. The molecule has 1 aliphatic carbocycles. The monoisotopic (exact) mass is 389 g/mol. The summed E-state index contributed by atoms with van der Waals surface area (Å²) in [6, 6.07) is 20.0. The molecular formula is C25H27NO3. The van der Waals surface area contributed by atoms with Crippen LogP contribution in [0.3, 0.4) is 0 Å². The maximum absolute atomic E-state index is 11.7. The lowest BCUT2D eigenvalue weighted by molar-refractivity contribution is 0.0692. The summed E-state index contributed by atoms with van der Waals surface area (Å²) in [5.41, 5.74) is 2.15. The third kappa shape index (κ3) is 4.53. The Morgan fingerprint density at radius 1 is 1.03 bits per heavy atom. The number of carbonyl (C=O) groups is 1. The van der Waals surface area contributed by atoms with Crippen LogP contribution in [0, 0.1) is 5.92 Å². The molecule has 0 bridgehead atoms. The summed E-state index contributed by atoms with van der Waals surface area (Å²) in [7, 11) is 0. The zero-order chi connectivity index (χ0) is 20.2. The van der Waals surface area contributed by atoms with Crippen molar-refractivity contribution in [2.24, 2.45) is 5.92 Å². The molecule has 4 heteroatoms. The van der Waals surface area contributed by atoms with Gasteiger partial charge < -0.3 is 15.2 Å². The molecule has 1 saturated carbocycles. The maximum Gasteiger partial charge on any atom is 0.339 e. The molecule has 29 heavy (non-hydrogen) atoms. The Morgan fingerprint density at radius 2 is 1.79 bits per heavy atom. The first-order valence-corrected chi connectivity index (χ1v) is 10.3. The number of anilines is 1. The molecule has 0 atom stereocenters. The second-order valence-corrected chi connectivity index (χ2v) is 8.04. The van der Waals surface area contributed by atoms with E-state index in [-0.39, 0.29) is 5.56 Å². The number of benzene rings is 3. The van der Waals surface area contributed by atoms with Gasteiger partial charge in [-0.15, -0.1) is 0 Å². The topological polar surface area (TPSA) is 58.6 Å². The Balaban J connectivity index is 1.54. The van der Waals surface area contributed by atoms with Crippen LogP contribution in [0.25, 0.3) is 10.8 Å². The van der Waals surface area contributed by atoms with E-state index in [1.54, 1.807) is 6.07 Å². The zero-order valence-electron chi connectivity index (χ0n) is 16.7. The van der Waals surface area contributed by atoms with Crippen LogP contribution in [0.15, 0.2) is 60.7 Å². The number of carboxylic acids is 1. The summed E-state index contributed by atoms with van der Waals surface area (Å²) in [4.78, 5) is 11.7. The summed E-state index contributed by atoms with van der Waals surface area (Å²) in [5.74, 6) is 0.220. The van der Waals surface area contributed by atoms with Crippen LogP contribution in [0.5, 0.6) is 5.75 Å². The normalized spacial score (nSPS) is 19.1. The standard InChI is InChI=1S/C25H27NO3/c1-17-9-11-20(12-10-17)26-21-13-14-23(25(27)28)24(15-21)29-16-19-7-4-6-18-5-2-3-8-22(18)19/h2-8,13-15,17,20,26H,9-12,16H2,1H3,(H,27,28). The smallest absolute Gasteiger partial charge is 0.339 e. The minimum Gasteiger partial charge on any atom is -0.488 e. The van der Waals surface area contributed by atoms with Crippen LogP contribution in [-0.4, -0.2) is 17.1 Å². The van der Waals surface area contributed by atoms with Crippen molar-refractivity contribution in [3.05, 3.63) is 71.8 Å². The third-order valence-corrected chi connectivity index (χ3v) is 5.86. The number of aromatic carboxylic acids is 1. The Kier molecular flexibility index (Phi) is 5.70. The van der Waals surface area contributed by atoms with E-state index < -0.39 is 5.97 Å². The van der Waals surface area contributed by atoms with Gasteiger partial charge in [-0.05, 0) is 60.1 Å². The molecule has 150 valence electrons. The highest BCUT2D eigenvalue weighted by molar-refractivity contribution is 5.91. The average molecular weight is 389 g/mol. The van der Waals surface area contributed by atoms with Gasteiger partial charge in [-0.25, -0.2) is 4.79 Å². The zero-order valence-corrected chi connectivity index (χ0v) is 16.7. The highest BCUT2D eigenvalue weighted by Gasteiger charge is 2.19. The van der Waals surface area contributed by atoms with Gasteiger partial charge in [0.2, 0.25) is 0 Å². The second-order valence-electron chi connectivity index (χ2n) is 8.04. The fourth-order valence-corrected chi connectivity index (χ4v) is 4.12. The van der Waals surface area contributed by atoms with E-state index >= 15 is 0 Å². The van der Waals surface area contributed by atoms with Gasteiger partial charge in [-0.3, -0.25) is 0 Å². The van der Waals surface area contributed by atoms with Crippen molar-refractivity contribution >= 4 is 22.4 Å². The van der Waals surface area contributed by atoms with Gasteiger partial charge in [0.1, 0.15) is 17.9 Å². The fraction of sp³-hybridized carbons (Fsp3) is 0.320. The Bertz CT molecular complexity index is 1000. The van der Waals surface area contributed by atoms with Crippen molar-refractivity contribution < 1.29 is 14.6 Å². The second kappa shape index (κ2) is 8.56. The lowest BCUT2D eigenvalue weighted by atomic mass is 9.87. The first-order valence-electron chi connectivity index (χ1n) is 10.3. The van der Waals surface area contributed by atoms with E-state index in [2.05, 4.69) is 30.4 Å². The van der Waals surface area contributed by atoms with Gasteiger partial charge in [0, 0.05) is 17.8 Å². The molecule has 0 unspecified atom stereocenters. The van der Waals surface area contributed by atoms with Gasteiger partial charge in [-0.2, -0.15) is 0 Å². The highest BCUT2D eigenvalue weighted by Crippen LogP contribution is 2.30. The van der Waals surface area contributed by atoms with Crippen LogP contribution < -0.4 is 10.1 Å². The lowest BCUT2D eigenvalue weighted by Crippen LogP contribution is -2.25. The minimum absolute atomic E-state index is 0.188. The van der Waals surface area contributed by atoms with Crippen LogP contribution >= 0.6 is 0 Å². The number of fused-ring (bicyclic) bond motifs is 1. The third-order valence-electron chi connectivity index (χ3n) is 5.86. The van der Waals surface area contributed by atoms with E-state index in [4.69, 9.17) is 4.74 Å². The lowest BCUT2D eigenvalue weighted by Gasteiger charge is -2.28. The molecule has 0 radical (unpaired) electrons. The van der Waals surface area contributed by atoms with Crippen molar-refractivity contribution in [3.63, 3.8) is 0 Å². The van der Waals surface area contributed by atoms with Gasteiger partial charge in [0.25, 0.3) is 0 Å². The van der Waals surface area contributed by atoms with E-state index in [0.717, 1.165) is 40.8 Å². The summed E-state index contributed by atoms with van der Waals surface area (Å²) in [6.07, 6.45) is 4.76. The molecule has 0 saturated heterocycles. The first kappa shape index (κ1) is 19.3. The number of nitrogens with one attached hydrogen (secondary N) is 1. The average Bonchev–Trinajstić information content (AvgIpc) is 2.74. The summed E-state index contributed by atoms with van der Waals surface area (Å²) >= 11 is 0. The SMILES string of the molecule is CC1CCC(Nc2ccc(C(=O)O)c(OCc3cccc4ccccc34)c2)CC1. The van der Waals surface area contributed by atoms with Gasteiger partial charge >= 0.3 is 5.97 Å². The van der Waals surface area contributed by atoms with Gasteiger partial charge in [0.15, 0.2) is 0 Å². The van der Waals surface area contributed by atoms with Gasteiger partial charge in [0.05, 0.1) is 0 Å². The van der Waals surface area contributed by atoms with Crippen molar-refractivity contribution in [1.82, 2.24) is 0 Å². The number of carboxylic acid groups (broad SMARTS) is 1. The molecule has 2 N–H and O–H groups in total. The van der Waals surface area contributed by atoms with E-state index in [9.17, 15) is 9.90 Å². The molecule has 0 aromatic heterocycles. The predicted molar refractivity (Wildman–Crippen MR) is 117 cm³/mol. The molecule has 3 aromatic carbocycles. The van der Waals surface area contributed by atoms with E-state index in [0.29, 0.717) is 18.4 Å². The summed E-state index contributed by atoms with van der Waals surface area (Å²) in [5, 5.41) is 15.4.